The molecule has 0 spiro atoms. The van der Waals surface area contributed by atoms with Gasteiger partial charge in [0.1, 0.15) is 11.9 Å². The largest absolute Gasteiger partial charge is 0.464 e. The molecule has 1 aromatic rings. The van der Waals surface area contributed by atoms with E-state index in [0.29, 0.717) is 5.56 Å². The van der Waals surface area contributed by atoms with Crippen LogP contribution in [0.1, 0.15) is 24.2 Å². The third-order valence-corrected chi connectivity index (χ3v) is 2.53. The van der Waals surface area contributed by atoms with E-state index < -0.39 is 24.0 Å². The van der Waals surface area contributed by atoms with E-state index in [-0.39, 0.29) is 17.9 Å². The Morgan fingerprint density at radius 1 is 1.50 bits per heavy atom. The van der Waals surface area contributed by atoms with Crippen LogP contribution in [0.2, 0.25) is 0 Å². The number of rotatable bonds is 4. The van der Waals surface area contributed by atoms with Gasteiger partial charge < -0.3 is 20.7 Å². The predicted octanol–water partition coefficient (Wildman–Crippen LogP) is 0.674. The van der Waals surface area contributed by atoms with Gasteiger partial charge in [-0.2, -0.15) is 0 Å². The summed E-state index contributed by atoms with van der Waals surface area (Å²) >= 11 is 0. The molecule has 5 nitrogen and oxygen atoms in total. The second-order valence-electron chi connectivity index (χ2n) is 3.87. The molecule has 6 heteroatoms. The van der Waals surface area contributed by atoms with Gasteiger partial charge in [0.25, 0.3) is 0 Å². The smallest absolute Gasteiger partial charge is 0.338 e. The van der Waals surface area contributed by atoms with Crippen LogP contribution in [-0.4, -0.2) is 28.9 Å². The molecule has 0 fully saturated rings. The lowest BCUT2D eigenvalue weighted by molar-refractivity contribution is -0.159. The van der Waals surface area contributed by atoms with Crippen molar-refractivity contribution in [1.82, 2.24) is 0 Å². The summed E-state index contributed by atoms with van der Waals surface area (Å²) in [6, 6.07) is 2.32. The number of benzene rings is 1. The second-order valence-corrected chi connectivity index (χ2v) is 3.87. The van der Waals surface area contributed by atoms with Crippen molar-refractivity contribution in [3.05, 3.63) is 29.1 Å². The maximum absolute atomic E-state index is 13.6. The maximum atomic E-state index is 13.6. The molecule has 1 aromatic carbocycles. The number of aliphatic hydroxyl groups excluding tert-OH is 2. The first-order chi connectivity index (χ1) is 8.38. The van der Waals surface area contributed by atoms with Crippen LogP contribution in [0.3, 0.4) is 0 Å². The fourth-order valence-electron chi connectivity index (χ4n) is 1.46. The molecular weight excluding hydrogens is 241 g/mol. The third kappa shape index (κ3) is 2.96. The average Bonchev–Trinajstić information content (AvgIpc) is 2.32. The predicted molar refractivity (Wildman–Crippen MR) is 63.1 cm³/mol. The molecule has 0 amide bonds. The van der Waals surface area contributed by atoms with Crippen LogP contribution >= 0.6 is 0 Å². The summed E-state index contributed by atoms with van der Waals surface area (Å²) in [7, 11) is 0. The minimum Gasteiger partial charge on any atom is -0.464 e. The van der Waals surface area contributed by atoms with Crippen LogP contribution in [0.25, 0.3) is 0 Å². The monoisotopic (exact) mass is 257 g/mol. The molecule has 2 unspecified atom stereocenters. The fraction of sp³-hybridized carbons (Fsp3) is 0.417. The number of aliphatic hydroxyl groups is 2. The highest BCUT2D eigenvalue weighted by Gasteiger charge is 2.29. The van der Waals surface area contributed by atoms with Gasteiger partial charge in [-0.05, 0) is 31.5 Å². The molecular formula is C12H16FNO4. The number of nitrogens with two attached hydrogens (primary N) is 1. The minimum absolute atomic E-state index is 0.0567. The zero-order valence-corrected chi connectivity index (χ0v) is 10.2. The summed E-state index contributed by atoms with van der Waals surface area (Å²) < 4.78 is 18.1. The number of hydrogen-bond acceptors (Lipinski definition) is 5. The molecule has 1 rings (SSSR count). The number of carbonyl (C=O) groups excluding carboxylic acids is 1. The Hall–Kier alpha value is -1.66. The first kappa shape index (κ1) is 14.4. The Labute approximate surface area is 104 Å². The van der Waals surface area contributed by atoms with Gasteiger partial charge in [-0.1, -0.05) is 0 Å². The lowest BCUT2D eigenvalue weighted by Crippen LogP contribution is -2.30. The van der Waals surface area contributed by atoms with E-state index in [2.05, 4.69) is 4.74 Å². The van der Waals surface area contributed by atoms with Crippen molar-refractivity contribution in [3.8, 4) is 0 Å². The zero-order valence-electron chi connectivity index (χ0n) is 10.2. The summed E-state index contributed by atoms with van der Waals surface area (Å²) in [5.41, 5.74) is 6.12. The van der Waals surface area contributed by atoms with Crippen LogP contribution in [-0.2, 0) is 9.53 Å². The summed E-state index contributed by atoms with van der Waals surface area (Å²) in [4.78, 5) is 11.2. The van der Waals surface area contributed by atoms with Gasteiger partial charge in [-0.15, -0.1) is 0 Å². The lowest BCUT2D eigenvalue weighted by Gasteiger charge is -2.18. The number of halogens is 1. The molecule has 100 valence electrons. The van der Waals surface area contributed by atoms with Crippen LogP contribution in [0.4, 0.5) is 10.1 Å². The fourth-order valence-corrected chi connectivity index (χ4v) is 1.46. The van der Waals surface area contributed by atoms with Gasteiger partial charge >= 0.3 is 5.97 Å². The van der Waals surface area contributed by atoms with E-state index in [9.17, 15) is 19.4 Å². The summed E-state index contributed by atoms with van der Waals surface area (Å²) in [5, 5.41) is 19.3. The number of esters is 1. The standard InChI is InChI=1S/C12H16FNO4/c1-3-18-12(17)11(16)10(15)7-5-9(14)6(2)4-8(7)13/h4-5,10-11,15-16H,3,14H2,1-2H3. The quantitative estimate of drug-likeness (QED) is 0.544. The molecule has 18 heavy (non-hydrogen) atoms. The highest BCUT2D eigenvalue weighted by Crippen LogP contribution is 2.25. The van der Waals surface area contributed by atoms with Crippen molar-refractivity contribution in [2.24, 2.45) is 0 Å². The van der Waals surface area contributed by atoms with Gasteiger partial charge in [-0.25, -0.2) is 9.18 Å². The first-order valence-corrected chi connectivity index (χ1v) is 5.46. The van der Waals surface area contributed by atoms with Crippen molar-refractivity contribution in [2.45, 2.75) is 26.1 Å². The van der Waals surface area contributed by atoms with Crippen LogP contribution < -0.4 is 5.73 Å². The first-order valence-electron chi connectivity index (χ1n) is 5.46. The van der Waals surface area contributed by atoms with Crippen LogP contribution in [0.5, 0.6) is 0 Å². The summed E-state index contributed by atoms with van der Waals surface area (Å²) in [6.45, 7) is 3.22. The number of aryl methyl sites for hydroxylation is 1. The van der Waals surface area contributed by atoms with Crippen molar-refractivity contribution in [3.63, 3.8) is 0 Å². The zero-order chi connectivity index (χ0) is 13.9. The van der Waals surface area contributed by atoms with E-state index in [0.717, 1.165) is 6.07 Å². The number of anilines is 1. The van der Waals surface area contributed by atoms with Crippen molar-refractivity contribution in [1.29, 1.82) is 0 Å². The van der Waals surface area contributed by atoms with E-state index in [4.69, 9.17) is 5.73 Å². The molecule has 0 aliphatic heterocycles. The number of nitrogen functional groups attached to an aromatic ring is 1. The molecule has 0 aliphatic carbocycles. The van der Waals surface area contributed by atoms with Gasteiger partial charge in [-0.3, -0.25) is 0 Å². The minimum atomic E-state index is -1.85. The maximum Gasteiger partial charge on any atom is 0.338 e. The number of hydrogen-bond donors (Lipinski definition) is 3. The summed E-state index contributed by atoms with van der Waals surface area (Å²) in [6.07, 6.45) is -3.56. The second kappa shape index (κ2) is 5.79. The molecule has 0 radical (unpaired) electrons. The summed E-state index contributed by atoms with van der Waals surface area (Å²) in [5.74, 6) is -1.75. The molecule has 0 aliphatic rings. The Bertz CT molecular complexity index is 450. The van der Waals surface area contributed by atoms with Gasteiger partial charge in [0.2, 0.25) is 0 Å². The Morgan fingerprint density at radius 3 is 2.67 bits per heavy atom. The molecule has 2 atom stereocenters. The molecule has 0 aromatic heterocycles. The van der Waals surface area contributed by atoms with Gasteiger partial charge in [0.15, 0.2) is 6.10 Å². The van der Waals surface area contributed by atoms with Crippen molar-refractivity contribution < 1.29 is 24.1 Å². The highest BCUT2D eigenvalue weighted by atomic mass is 19.1. The van der Waals surface area contributed by atoms with Crippen molar-refractivity contribution >= 4 is 11.7 Å². The van der Waals surface area contributed by atoms with Crippen LogP contribution in [0.15, 0.2) is 12.1 Å². The Kier molecular flexibility index (Phi) is 4.63. The van der Waals surface area contributed by atoms with E-state index in [1.807, 2.05) is 0 Å². The van der Waals surface area contributed by atoms with Crippen LogP contribution in [0, 0.1) is 12.7 Å². The molecule has 0 saturated heterocycles. The topological polar surface area (TPSA) is 92.8 Å². The number of ether oxygens (including phenoxy) is 1. The van der Waals surface area contributed by atoms with Crippen molar-refractivity contribution in [2.75, 3.05) is 12.3 Å². The van der Waals surface area contributed by atoms with E-state index >= 15 is 0 Å². The third-order valence-electron chi connectivity index (χ3n) is 2.53. The molecule has 4 N–H and O–H groups in total. The Morgan fingerprint density at radius 2 is 2.11 bits per heavy atom. The highest BCUT2D eigenvalue weighted by molar-refractivity contribution is 5.75. The average molecular weight is 257 g/mol. The number of carbonyl (C=O) groups is 1. The SMILES string of the molecule is CCOC(=O)C(O)C(O)c1cc(N)c(C)cc1F. The van der Waals surface area contributed by atoms with Gasteiger partial charge in [0, 0.05) is 11.3 Å². The lowest BCUT2D eigenvalue weighted by atomic mass is 10.0. The molecule has 0 saturated carbocycles. The Balaban J connectivity index is 3.00. The normalized spacial score (nSPS) is 14.1. The van der Waals surface area contributed by atoms with Gasteiger partial charge in [0.05, 0.1) is 6.61 Å². The molecule has 0 bridgehead atoms. The van der Waals surface area contributed by atoms with E-state index in [1.54, 1.807) is 13.8 Å². The molecule has 0 heterocycles. The van der Waals surface area contributed by atoms with E-state index in [1.165, 1.54) is 6.07 Å².